The summed E-state index contributed by atoms with van der Waals surface area (Å²) in [5.41, 5.74) is 2.10. The van der Waals surface area contributed by atoms with Crippen LogP contribution in [-0.4, -0.2) is 28.9 Å². The zero-order valence-electron chi connectivity index (χ0n) is 11.1. The quantitative estimate of drug-likeness (QED) is 0.617. The maximum Gasteiger partial charge on any atom is 0.307 e. The minimum Gasteiger partial charge on any atom is -0.466 e. The van der Waals surface area contributed by atoms with E-state index in [1.54, 1.807) is 0 Å². The average Bonchev–Trinajstić information content (AvgIpc) is 2.62. The fourth-order valence-electron chi connectivity index (χ4n) is 1.67. The van der Waals surface area contributed by atoms with E-state index in [4.69, 9.17) is 4.74 Å². The molecule has 0 aliphatic rings. The Labute approximate surface area is 116 Å². The van der Waals surface area contributed by atoms with Gasteiger partial charge in [-0.15, -0.1) is 0 Å². The van der Waals surface area contributed by atoms with Crippen molar-refractivity contribution < 1.29 is 9.53 Å². The molecule has 0 saturated heterocycles. The van der Waals surface area contributed by atoms with Crippen LogP contribution in [-0.2, 0) is 22.6 Å². The van der Waals surface area contributed by atoms with Gasteiger partial charge < -0.3 is 10.1 Å². The minimum atomic E-state index is -0.163. The molecule has 1 heterocycles. The normalized spacial score (nSPS) is 10.7. The van der Waals surface area contributed by atoms with Gasteiger partial charge in [-0.25, -0.2) is 0 Å². The predicted octanol–water partition coefficient (Wildman–Crippen LogP) is 2.02. The van der Waals surface area contributed by atoms with E-state index >= 15 is 0 Å². The van der Waals surface area contributed by atoms with Crippen molar-refractivity contribution in [2.75, 3.05) is 13.2 Å². The Kier molecular flexibility index (Phi) is 6.35. The lowest BCUT2D eigenvalue weighted by molar-refractivity contribution is -0.142. The molecule has 0 unspecified atom stereocenters. The number of nitrogens with one attached hydrogen (secondary N) is 1. The van der Waals surface area contributed by atoms with Crippen molar-refractivity contribution >= 4 is 21.9 Å². The average molecular weight is 318 g/mol. The highest BCUT2D eigenvalue weighted by atomic mass is 79.9. The van der Waals surface area contributed by atoms with Gasteiger partial charge in [-0.1, -0.05) is 0 Å². The maximum absolute atomic E-state index is 11.2. The van der Waals surface area contributed by atoms with Crippen LogP contribution in [0.15, 0.2) is 4.47 Å². The van der Waals surface area contributed by atoms with E-state index in [0.29, 0.717) is 26.1 Å². The SMILES string of the molecule is CCOC(=O)CCNCc1c(Br)c(C)nn1CC. The highest BCUT2D eigenvalue weighted by molar-refractivity contribution is 9.10. The molecule has 1 aromatic rings. The number of hydrogen-bond donors (Lipinski definition) is 1. The summed E-state index contributed by atoms with van der Waals surface area (Å²) >= 11 is 3.53. The first-order chi connectivity index (χ1) is 8.60. The summed E-state index contributed by atoms with van der Waals surface area (Å²) in [6, 6.07) is 0. The summed E-state index contributed by atoms with van der Waals surface area (Å²) in [4.78, 5) is 11.2. The molecule has 0 atom stereocenters. The van der Waals surface area contributed by atoms with E-state index in [-0.39, 0.29) is 5.97 Å². The predicted molar refractivity (Wildman–Crippen MR) is 73.3 cm³/mol. The number of nitrogens with zero attached hydrogens (tertiary/aromatic N) is 2. The first kappa shape index (κ1) is 15.2. The number of aryl methyl sites for hydroxylation is 2. The van der Waals surface area contributed by atoms with Gasteiger partial charge in [-0.2, -0.15) is 5.10 Å². The van der Waals surface area contributed by atoms with E-state index in [1.807, 2.05) is 18.5 Å². The number of ether oxygens (including phenoxy) is 1. The number of halogens is 1. The van der Waals surface area contributed by atoms with E-state index in [2.05, 4.69) is 33.3 Å². The second-order valence-corrected chi connectivity index (χ2v) is 4.69. The van der Waals surface area contributed by atoms with Gasteiger partial charge >= 0.3 is 5.97 Å². The molecule has 0 saturated carbocycles. The topological polar surface area (TPSA) is 56.1 Å². The van der Waals surface area contributed by atoms with Crippen LogP contribution < -0.4 is 5.32 Å². The van der Waals surface area contributed by atoms with Crippen LogP contribution in [0.2, 0.25) is 0 Å². The van der Waals surface area contributed by atoms with E-state index < -0.39 is 0 Å². The third-order valence-electron chi connectivity index (χ3n) is 2.56. The van der Waals surface area contributed by atoms with Crippen LogP contribution in [0.5, 0.6) is 0 Å². The standard InChI is InChI=1S/C12H20BrN3O2/c1-4-16-10(12(13)9(3)15-16)8-14-7-6-11(17)18-5-2/h14H,4-8H2,1-3H3. The molecule has 1 rings (SSSR count). The van der Waals surface area contributed by atoms with Crippen molar-refractivity contribution in [2.24, 2.45) is 0 Å². The zero-order valence-corrected chi connectivity index (χ0v) is 12.7. The first-order valence-electron chi connectivity index (χ1n) is 6.18. The molecule has 0 bridgehead atoms. The summed E-state index contributed by atoms with van der Waals surface area (Å²) in [5.74, 6) is -0.163. The van der Waals surface area contributed by atoms with Gasteiger partial charge in [0.05, 0.1) is 28.9 Å². The molecule has 0 spiro atoms. The second-order valence-electron chi connectivity index (χ2n) is 3.89. The number of esters is 1. The van der Waals surface area contributed by atoms with Gasteiger partial charge in [0.25, 0.3) is 0 Å². The van der Waals surface area contributed by atoms with E-state index in [0.717, 1.165) is 22.4 Å². The van der Waals surface area contributed by atoms with Crippen LogP contribution in [0.1, 0.15) is 31.7 Å². The Morgan fingerprint density at radius 2 is 2.22 bits per heavy atom. The van der Waals surface area contributed by atoms with Crippen molar-refractivity contribution in [3.8, 4) is 0 Å². The highest BCUT2D eigenvalue weighted by Crippen LogP contribution is 2.20. The summed E-state index contributed by atoms with van der Waals surface area (Å²) in [6.07, 6.45) is 0.394. The lowest BCUT2D eigenvalue weighted by Crippen LogP contribution is -2.21. The second kappa shape index (κ2) is 7.53. The van der Waals surface area contributed by atoms with Gasteiger partial charge in [0.1, 0.15) is 0 Å². The molecule has 0 aliphatic heterocycles. The van der Waals surface area contributed by atoms with Crippen LogP contribution in [0.25, 0.3) is 0 Å². The van der Waals surface area contributed by atoms with Crippen molar-refractivity contribution in [1.29, 1.82) is 0 Å². The maximum atomic E-state index is 11.2. The molecule has 0 radical (unpaired) electrons. The number of carbonyl (C=O) groups excluding carboxylic acids is 1. The van der Waals surface area contributed by atoms with Crippen LogP contribution in [0.4, 0.5) is 0 Å². The Hall–Kier alpha value is -0.880. The number of rotatable bonds is 7. The van der Waals surface area contributed by atoms with Crippen molar-refractivity contribution in [2.45, 2.75) is 40.3 Å². The molecule has 6 heteroatoms. The Bertz CT molecular complexity index is 404. The summed E-state index contributed by atoms with van der Waals surface area (Å²) < 4.78 is 7.85. The Morgan fingerprint density at radius 1 is 1.50 bits per heavy atom. The molecule has 1 aromatic heterocycles. The molecule has 102 valence electrons. The van der Waals surface area contributed by atoms with Crippen LogP contribution >= 0.6 is 15.9 Å². The largest absolute Gasteiger partial charge is 0.466 e. The number of carbonyl (C=O) groups is 1. The molecule has 0 aliphatic carbocycles. The molecule has 0 amide bonds. The lowest BCUT2D eigenvalue weighted by Gasteiger charge is -2.07. The monoisotopic (exact) mass is 317 g/mol. The number of aromatic nitrogens is 2. The van der Waals surface area contributed by atoms with Gasteiger partial charge in [-0.3, -0.25) is 9.48 Å². The third-order valence-corrected chi connectivity index (χ3v) is 3.59. The summed E-state index contributed by atoms with van der Waals surface area (Å²) in [7, 11) is 0. The van der Waals surface area contributed by atoms with Crippen LogP contribution in [0, 0.1) is 6.92 Å². The van der Waals surface area contributed by atoms with Gasteiger partial charge in [0.15, 0.2) is 0 Å². The first-order valence-corrected chi connectivity index (χ1v) is 6.97. The number of hydrogen-bond acceptors (Lipinski definition) is 4. The molecule has 18 heavy (non-hydrogen) atoms. The summed E-state index contributed by atoms with van der Waals surface area (Å²) in [6.45, 7) is 8.41. The van der Waals surface area contributed by atoms with E-state index in [1.165, 1.54) is 0 Å². The third kappa shape index (κ3) is 4.10. The van der Waals surface area contributed by atoms with Gasteiger partial charge in [-0.05, 0) is 36.7 Å². The zero-order chi connectivity index (χ0) is 13.5. The van der Waals surface area contributed by atoms with Gasteiger partial charge in [0, 0.05) is 19.6 Å². The van der Waals surface area contributed by atoms with Crippen LogP contribution in [0.3, 0.4) is 0 Å². The fraction of sp³-hybridized carbons (Fsp3) is 0.667. The smallest absolute Gasteiger partial charge is 0.307 e. The molecule has 0 fully saturated rings. The molecule has 5 nitrogen and oxygen atoms in total. The summed E-state index contributed by atoms with van der Waals surface area (Å²) in [5, 5.41) is 7.64. The molecular formula is C12H20BrN3O2. The fourth-order valence-corrected chi connectivity index (χ4v) is 2.09. The van der Waals surface area contributed by atoms with Crippen molar-refractivity contribution in [3.05, 3.63) is 15.9 Å². The lowest BCUT2D eigenvalue weighted by atomic mass is 10.3. The minimum absolute atomic E-state index is 0.163. The van der Waals surface area contributed by atoms with Crippen molar-refractivity contribution in [1.82, 2.24) is 15.1 Å². The van der Waals surface area contributed by atoms with E-state index in [9.17, 15) is 4.79 Å². The Morgan fingerprint density at radius 3 is 2.83 bits per heavy atom. The Balaban J connectivity index is 2.42. The highest BCUT2D eigenvalue weighted by Gasteiger charge is 2.11. The molecule has 0 aromatic carbocycles. The molecule has 1 N–H and O–H groups in total. The van der Waals surface area contributed by atoms with Gasteiger partial charge in [0.2, 0.25) is 0 Å². The molecular weight excluding hydrogens is 298 g/mol. The van der Waals surface area contributed by atoms with Crippen molar-refractivity contribution in [3.63, 3.8) is 0 Å².